The number of anilines is 2. The lowest BCUT2D eigenvalue weighted by Crippen LogP contribution is -2.26. The molecule has 0 atom stereocenters. The molecule has 1 aliphatic carbocycles. The molecule has 1 heterocycles. The second-order valence-corrected chi connectivity index (χ2v) is 8.70. The molecule has 162 valence electrons. The average Bonchev–Trinajstić information content (AvgIpc) is 3.04. The van der Waals surface area contributed by atoms with Crippen LogP contribution in [0.4, 0.5) is 11.4 Å². The number of ketones is 1. The Balaban J connectivity index is 0.00000132. The zero-order valence-corrected chi connectivity index (χ0v) is 19.4. The topological polar surface area (TPSA) is 49.7 Å². The number of hydrogen-bond donors (Lipinski definition) is 0. The number of amides is 1. The van der Waals surface area contributed by atoms with E-state index in [9.17, 15) is 9.59 Å². The molecule has 2 aliphatic rings. The highest BCUT2D eigenvalue weighted by Crippen LogP contribution is 2.47. The predicted octanol–water partition coefficient (Wildman–Crippen LogP) is 6.77. The van der Waals surface area contributed by atoms with E-state index in [1.165, 1.54) is 5.56 Å². The molecular weight excluding hydrogens is 408 g/mol. The minimum atomic E-state index is -0.431. The number of carbonyl (C=O) groups excluding carboxylic acids is 2. The SMILES string of the molecule is C=NC(=O)c1c(Cl)cccc1N1CC(C)(C)c2cc(C3=CC(=O)CCC3)ccc21.CC. The largest absolute Gasteiger partial charge is 0.340 e. The highest BCUT2D eigenvalue weighted by molar-refractivity contribution is 6.34. The van der Waals surface area contributed by atoms with Crippen LogP contribution in [-0.2, 0) is 10.2 Å². The van der Waals surface area contributed by atoms with Crippen LogP contribution in [-0.4, -0.2) is 25.0 Å². The van der Waals surface area contributed by atoms with Gasteiger partial charge in [-0.05, 0) is 66.6 Å². The summed E-state index contributed by atoms with van der Waals surface area (Å²) in [7, 11) is 0. The normalized spacial score (nSPS) is 16.7. The van der Waals surface area contributed by atoms with Gasteiger partial charge in [-0.15, -0.1) is 0 Å². The van der Waals surface area contributed by atoms with Gasteiger partial charge in [0.15, 0.2) is 5.78 Å². The van der Waals surface area contributed by atoms with E-state index in [2.05, 4.69) is 48.7 Å². The summed E-state index contributed by atoms with van der Waals surface area (Å²) < 4.78 is 0. The molecular formula is C26H29ClN2O2. The maximum Gasteiger partial charge on any atom is 0.280 e. The fraction of sp³-hybridized carbons (Fsp3) is 0.346. The van der Waals surface area contributed by atoms with Crippen LogP contribution < -0.4 is 4.90 Å². The molecule has 4 nitrogen and oxygen atoms in total. The zero-order valence-electron chi connectivity index (χ0n) is 18.7. The van der Waals surface area contributed by atoms with Crippen molar-refractivity contribution in [3.05, 3.63) is 64.2 Å². The van der Waals surface area contributed by atoms with Crippen LogP contribution in [0.2, 0.25) is 5.02 Å². The molecule has 0 N–H and O–H groups in total. The van der Waals surface area contributed by atoms with Crippen molar-refractivity contribution in [3.8, 4) is 0 Å². The molecule has 0 aromatic heterocycles. The molecule has 5 heteroatoms. The molecule has 4 rings (SSSR count). The number of fused-ring (bicyclic) bond motifs is 1. The van der Waals surface area contributed by atoms with Gasteiger partial charge in [0.25, 0.3) is 5.91 Å². The number of aliphatic imine (C=N–C) groups is 1. The zero-order chi connectivity index (χ0) is 22.8. The summed E-state index contributed by atoms with van der Waals surface area (Å²) in [6.07, 6.45) is 4.25. The first-order valence-corrected chi connectivity index (χ1v) is 11.1. The third-order valence-electron chi connectivity index (χ3n) is 5.79. The maximum absolute atomic E-state index is 12.4. The minimum Gasteiger partial charge on any atom is -0.340 e. The van der Waals surface area contributed by atoms with Crippen molar-refractivity contribution in [3.63, 3.8) is 0 Å². The fourth-order valence-electron chi connectivity index (χ4n) is 4.34. The highest BCUT2D eigenvalue weighted by Gasteiger charge is 2.37. The molecule has 2 aromatic rings. The molecule has 0 radical (unpaired) electrons. The van der Waals surface area contributed by atoms with E-state index in [1.54, 1.807) is 12.1 Å². The van der Waals surface area contributed by atoms with Crippen LogP contribution in [0, 0.1) is 0 Å². The highest BCUT2D eigenvalue weighted by atomic mass is 35.5. The fourth-order valence-corrected chi connectivity index (χ4v) is 4.59. The summed E-state index contributed by atoms with van der Waals surface area (Å²) in [5.41, 5.74) is 5.42. The predicted molar refractivity (Wildman–Crippen MR) is 130 cm³/mol. The molecule has 1 aliphatic heterocycles. The summed E-state index contributed by atoms with van der Waals surface area (Å²) >= 11 is 6.35. The van der Waals surface area contributed by atoms with Gasteiger partial charge in [0, 0.05) is 24.1 Å². The van der Waals surface area contributed by atoms with Crippen LogP contribution in [0.25, 0.3) is 5.57 Å². The Bertz CT molecular complexity index is 1070. The summed E-state index contributed by atoms with van der Waals surface area (Å²) in [4.78, 5) is 30.0. The Hall–Kier alpha value is -2.72. The number of nitrogens with zero attached hydrogens (tertiary/aromatic N) is 2. The lowest BCUT2D eigenvalue weighted by Gasteiger charge is -2.24. The number of hydrogen-bond acceptors (Lipinski definition) is 3. The van der Waals surface area contributed by atoms with E-state index in [4.69, 9.17) is 11.6 Å². The van der Waals surface area contributed by atoms with Gasteiger partial charge in [0.1, 0.15) is 0 Å². The van der Waals surface area contributed by atoms with E-state index in [0.717, 1.165) is 35.4 Å². The van der Waals surface area contributed by atoms with Crippen LogP contribution >= 0.6 is 11.6 Å². The Morgan fingerprint density at radius 3 is 2.55 bits per heavy atom. The third-order valence-corrected chi connectivity index (χ3v) is 6.10. The monoisotopic (exact) mass is 436 g/mol. The van der Waals surface area contributed by atoms with Crippen LogP contribution in [0.5, 0.6) is 0 Å². The van der Waals surface area contributed by atoms with Gasteiger partial charge in [-0.2, -0.15) is 0 Å². The van der Waals surface area contributed by atoms with E-state index >= 15 is 0 Å². The summed E-state index contributed by atoms with van der Waals surface area (Å²) in [5, 5.41) is 0.369. The molecule has 0 saturated carbocycles. The molecule has 0 fully saturated rings. The molecule has 0 bridgehead atoms. The molecule has 2 aromatic carbocycles. The first-order valence-electron chi connectivity index (χ1n) is 10.8. The van der Waals surface area contributed by atoms with Gasteiger partial charge in [-0.25, -0.2) is 4.99 Å². The third kappa shape index (κ3) is 4.35. The maximum atomic E-state index is 12.4. The Morgan fingerprint density at radius 1 is 1.13 bits per heavy atom. The summed E-state index contributed by atoms with van der Waals surface area (Å²) in [6.45, 7) is 12.5. The number of allylic oxidation sites excluding steroid dienone is 2. The second-order valence-electron chi connectivity index (χ2n) is 8.29. The van der Waals surface area contributed by atoms with Crippen molar-refractivity contribution in [1.29, 1.82) is 0 Å². The lowest BCUT2D eigenvalue weighted by molar-refractivity contribution is -0.114. The van der Waals surface area contributed by atoms with E-state index < -0.39 is 5.91 Å². The number of halogens is 1. The molecule has 1 amide bonds. The Labute approximate surface area is 189 Å². The minimum absolute atomic E-state index is 0.130. The number of carbonyl (C=O) groups is 2. The standard InChI is InChI=1S/C24H23ClN2O2.C2H6/c1-24(2)14-27(21-9-5-8-19(25)22(21)23(29)26-3)20-11-10-16(13-18(20)24)15-6-4-7-17(28)12-15;1-2/h5,8-13H,3-4,6-7,14H2,1-2H3;1-2H3. The van der Waals surface area contributed by atoms with Crippen molar-refractivity contribution >= 4 is 47.0 Å². The molecule has 0 saturated heterocycles. The summed E-state index contributed by atoms with van der Waals surface area (Å²) in [6, 6.07) is 11.8. The van der Waals surface area contributed by atoms with Gasteiger partial charge in [-0.3, -0.25) is 9.59 Å². The lowest BCUT2D eigenvalue weighted by atomic mass is 9.84. The van der Waals surface area contributed by atoms with Gasteiger partial charge < -0.3 is 4.90 Å². The molecule has 0 unspecified atom stereocenters. The number of benzene rings is 2. The van der Waals surface area contributed by atoms with Crippen molar-refractivity contribution in [2.75, 3.05) is 11.4 Å². The van der Waals surface area contributed by atoms with Gasteiger partial charge in [0.05, 0.1) is 16.3 Å². The Kier molecular flexibility index (Phi) is 6.80. The molecule has 0 spiro atoms. The summed E-state index contributed by atoms with van der Waals surface area (Å²) in [5.74, 6) is -0.231. The first-order chi connectivity index (χ1) is 14.8. The van der Waals surface area contributed by atoms with Crippen molar-refractivity contribution in [2.45, 2.75) is 52.4 Å². The van der Waals surface area contributed by atoms with Gasteiger partial charge >= 0.3 is 0 Å². The van der Waals surface area contributed by atoms with Crippen molar-refractivity contribution < 1.29 is 9.59 Å². The van der Waals surface area contributed by atoms with E-state index in [-0.39, 0.29) is 11.2 Å². The number of rotatable bonds is 3. The van der Waals surface area contributed by atoms with Crippen LogP contribution in [0.1, 0.15) is 68.4 Å². The van der Waals surface area contributed by atoms with Gasteiger partial charge in [0.2, 0.25) is 0 Å². The van der Waals surface area contributed by atoms with Crippen molar-refractivity contribution in [2.24, 2.45) is 4.99 Å². The smallest absolute Gasteiger partial charge is 0.280 e. The van der Waals surface area contributed by atoms with Gasteiger partial charge in [-0.1, -0.05) is 51.4 Å². The van der Waals surface area contributed by atoms with Crippen LogP contribution in [0.3, 0.4) is 0 Å². The first kappa shape index (κ1) is 23.0. The van der Waals surface area contributed by atoms with Crippen molar-refractivity contribution in [1.82, 2.24) is 0 Å². The molecule has 31 heavy (non-hydrogen) atoms. The average molecular weight is 437 g/mol. The quantitative estimate of drug-likeness (QED) is 0.498. The Morgan fingerprint density at radius 2 is 1.87 bits per heavy atom. The van der Waals surface area contributed by atoms with E-state index in [0.29, 0.717) is 23.6 Å². The van der Waals surface area contributed by atoms with Crippen LogP contribution in [0.15, 0.2) is 47.5 Å². The van der Waals surface area contributed by atoms with E-state index in [1.807, 2.05) is 26.0 Å². The second kappa shape index (κ2) is 9.19.